The number of fused-ring (bicyclic) bond motifs is 1. The van der Waals surface area contributed by atoms with E-state index in [-0.39, 0.29) is 0 Å². The molecule has 3 nitrogen and oxygen atoms in total. The predicted octanol–water partition coefficient (Wildman–Crippen LogP) is 3.70. The van der Waals surface area contributed by atoms with Crippen molar-refractivity contribution in [1.82, 2.24) is 0 Å². The second-order valence-electron chi connectivity index (χ2n) is 3.91. The molecule has 0 aromatic heterocycles. The second kappa shape index (κ2) is 4.45. The first kappa shape index (κ1) is 10.7. The van der Waals surface area contributed by atoms with Gasteiger partial charge in [-0.1, -0.05) is 24.3 Å². The third kappa shape index (κ3) is 1.70. The topological polar surface area (TPSA) is 21.7 Å². The van der Waals surface area contributed by atoms with Gasteiger partial charge in [0.2, 0.25) is 0 Å². The zero-order valence-electron chi connectivity index (χ0n) is 10.0. The van der Waals surface area contributed by atoms with Crippen molar-refractivity contribution in [2.24, 2.45) is 0 Å². The second-order valence-corrected chi connectivity index (χ2v) is 3.91. The minimum absolute atomic E-state index is 0.832. The van der Waals surface area contributed by atoms with Gasteiger partial charge in [-0.2, -0.15) is 0 Å². The Morgan fingerprint density at radius 2 is 1.67 bits per heavy atom. The number of ether oxygens (including phenoxy) is 2. The van der Waals surface area contributed by atoms with Crippen molar-refractivity contribution in [2.75, 3.05) is 12.0 Å². The lowest BCUT2D eigenvalue weighted by atomic mass is 10.2. The van der Waals surface area contributed by atoms with Crippen LogP contribution in [-0.2, 0) is 0 Å². The first-order valence-electron chi connectivity index (χ1n) is 5.75. The molecule has 0 atom stereocenters. The van der Waals surface area contributed by atoms with E-state index >= 15 is 0 Å². The molecule has 0 spiro atoms. The molecule has 0 radical (unpaired) electrons. The van der Waals surface area contributed by atoms with Gasteiger partial charge in [0.05, 0.1) is 18.5 Å². The Morgan fingerprint density at radius 3 is 2.50 bits per heavy atom. The van der Waals surface area contributed by atoms with E-state index in [2.05, 4.69) is 4.90 Å². The Labute approximate surface area is 106 Å². The van der Waals surface area contributed by atoms with Crippen LogP contribution in [0.4, 0.5) is 11.4 Å². The Balaban J connectivity index is 2.12. The van der Waals surface area contributed by atoms with E-state index in [9.17, 15) is 0 Å². The summed E-state index contributed by atoms with van der Waals surface area (Å²) in [5.74, 6) is 1.67. The van der Waals surface area contributed by atoms with Gasteiger partial charge in [0.1, 0.15) is 12.0 Å². The number of nitrogens with zero attached hydrogens (tertiary/aromatic N) is 1. The maximum Gasteiger partial charge on any atom is 0.150 e. The summed E-state index contributed by atoms with van der Waals surface area (Å²) in [6.45, 7) is 0. The predicted molar refractivity (Wildman–Crippen MR) is 71.3 cm³/mol. The molecule has 0 fully saturated rings. The van der Waals surface area contributed by atoms with Crippen LogP contribution in [0.15, 0.2) is 61.0 Å². The number of para-hydroxylation sites is 4. The highest BCUT2D eigenvalue weighted by Gasteiger charge is 2.17. The molecule has 0 saturated heterocycles. The fourth-order valence-corrected chi connectivity index (χ4v) is 2.04. The molecular weight excluding hydrogens is 226 g/mol. The molecule has 1 heterocycles. The Bertz CT molecular complexity index is 593. The molecule has 3 rings (SSSR count). The minimum atomic E-state index is 0.832. The molecular formula is C15H13NO2. The highest BCUT2D eigenvalue weighted by molar-refractivity contribution is 5.76. The molecule has 18 heavy (non-hydrogen) atoms. The smallest absolute Gasteiger partial charge is 0.150 e. The first-order valence-corrected chi connectivity index (χ1v) is 5.75. The molecule has 0 amide bonds. The number of benzene rings is 2. The SMILES string of the molecule is COc1ccccc1N1C=COc2ccccc21. The largest absolute Gasteiger partial charge is 0.495 e. The van der Waals surface area contributed by atoms with Crippen molar-refractivity contribution in [3.63, 3.8) is 0 Å². The van der Waals surface area contributed by atoms with Crippen molar-refractivity contribution in [1.29, 1.82) is 0 Å². The van der Waals surface area contributed by atoms with E-state index < -0.39 is 0 Å². The average molecular weight is 239 g/mol. The number of hydrogen-bond donors (Lipinski definition) is 0. The van der Waals surface area contributed by atoms with Crippen LogP contribution < -0.4 is 14.4 Å². The fourth-order valence-electron chi connectivity index (χ4n) is 2.04. The molecule has 2 aromatic rings. The zero-order valence-corrected chi connectivity index (χ0v) is 10.0. The lowest BCUT2D eigenvalue weighted by Crippen LogP contribution is -2.14. The molecule has 3 heteroatoms. The normalized spacial score (nSPS) is 12.8. The van der Waals surface area contributed by atoms with Crippen molar-refractivity contribution in [2.45, 2.75) is 0 Å². The third-order valence-corrected chi connectivity index (χ3v) is 2.87. The fraction of sp³-hybridized carbons (Fsp3) is 0.0667. The van der Waals surface area contributed by atoms with E-state index in [0.29, 0.717) is 0 Å². The summed E-state index contributed by atoms with van der Waals surface area (Å²) < 4.78 is 10.9. The van der Waals surface area contributed by atoms with Crippen LogP contribution in [0.1, 0.15) is 0 Å². The van der Waals surface area contributed by atoms with Crippen LogP contribution >= 0.6 is 0 Å². The van der Waals surface area contributed by atoms with E-state index in [4.69, 9.17) is 9.47 Å². The molecule has 0 saturated carbocycles. The summed E-state index contributed by atoms with van der Waals surface area (Å²) >= 11 is 0. The summed E-state index contributed by atoms with van der Waals surface area (Å²) in [4.78, 5) is 2.05. The molecule has 0 unspecified atom stereocenters. The zero-order chi connectivity index (χ0) is 12.4. The first-order chi connectivity index (χ1) is 8.90. The summed E-state index contributed by atoms with van der Waals surface area (Å²) in [6.07, 6.45) is 3.56. The van der Waals surface area contributed by atoms with Crippen LogP contribution in [-0.4, -0.2) is 7.11 Å². The molecule has 0 bridgehead atoms. The quantitative estimate of drug-likeness (QED) is 0.797. The van der Waals surface area contributed by atoms with Crippen LogP contribution in [0.25, 0.3) is 0 Å². The third-order valence-electron chi connectivity index (χ3n) is 2.87. The van der Waals surface area contributed by atoms with Gasteiger partial charge in [-0.15, -0.1) is 0 Å². The molecule has 1 aliphatic heterocycles. The van der Waals surface area contributed by atoms with Crippen LogP contribution in [0.5, 0.6) is 11.5 Å². The number of rotatable bonds is 2. The number of methoxy groups -OCH3 is 1. The maximum absolute atomic E-state index is 5.49. The highest BCUT2D eigenvalue weighted by atomic mass is 16.5. The van der Waals surface area contributed by atoms with Gasteiger partial charge in [-0.3, -0.25) is 0 Å². The Hall–Kier alpha value is -2.42. The van der Waals surface area contributed by atoms with Gasteiger partial charge in [-0.25, -0.2) is 0 Å². The highest BCUT2D eigenvalue weighted by Crippen LogP contribution is 2.40. The average Bonchev–Trinajstić information content (AvgIpc) is 2.46. The Morgan fingerprint density at radius 1 is 0.944 bits per heavy atom. The molecule has 90 valence electrons. The van der Waals surface area contributed by atoms with E-state index in [1.165, 1.54) is 0 Å². The van der Waals surface area contributed by atoms with Crippen molar-refractivity contribution in [3.8, 4) is 11.5 Å². The Kier molecular flexibility index (Phi) is 2.65. The van der Waals surface area contributed by atoms with Gasteiger partial charge in [0.25, 0.3) is 0 Å². The van der Waals surface area contributed by atoms with Gasteiger partial charge in [-0.05, 0) is 24.3 Å². The van der Waals surface area contributed by atoms with Crippen LogP contribution in [0.2, 0.25) is 0 Å². The molecule has 2 aromatic carbocycles. The van der Waals surface area contributed by atoms with E-state index in [1.807, 2.05) is 54.7 Å². The van der Waals surface area contributed by atoms with Crippen molar-refractivity contribution in [3.05, 3.63) is 61.0 Å². The van der Waals surface area contributed by atoms with E-state index in [1.54, 1.807) is 13.4 Å². The molecule has 0 aliphatic carbocycles. The van der Waals surface area contributed by atoms with Crippen LogP contribution in [0.3, 0.4) is 0 Å². The summed E-state index contributed by atoms with van der Waals surface area (Å²) in [5.41, 5.74) is 2.00. The summed E-state index contributed by atoms with van der Waals surface area (Å²) in [6, 6.07) is 15.8. The summed E-state index contributed by atoms with van der Waals surface area (Å²) in [5, 5.41) is 0. The molecule has 0 N–H and O–H groups in total. The number of hydrogen-bond acceptors (Lipinski definition) is 3. The molecule has 1 aliphatic rings. The van der Waals surface area contributed by atoms with Crippen molar-refractivity contribution >= 4 is 11.4 Å². The van der Waals surface area contributed by atoms with E-state index in [0.717, 1.165) is 22.9 Å². The minimum Gasteiger partial charge on any atom is -0.495 e. The standard InChI is InChI=1S/C15H13NO2/c1-17-14-8-4-2-6-12(14)16-10-11-18-15-9-5-3-7-13(15)16/h2-11H,1H3. The van der Waals surface area contributed by atoms with Gasteiger partial charge in [0, 0.05) is 6.20 Å². The lowest BCUT2D eigenvalue weighted by Gasteiger charge is -2.27. The van der Waals surface area contributed by atoms with Crippen molar-refractivity contribution < 1.29 is 9.47 Å². The van der Waals surface area contributed by atoms with Gasteiger partial charge < -0.3 is 14.4 Å². The monoisotopic (exact) mass is 239 g/mol. The lowest BCUT2D eigenvalue weighted by molar-refractivity contribution is 0.415. The van der Waals surface area contributed by atoms with Crippen LogP contribution in [0, 0.1) is 0 Å². The number of anilines is 2. The summed E-state index contributed by atoms with van der Waals surface area (Å²) in [7, 11) is 1.68. The van der Waals surface area contributed by atoms with Gasteiger partial charge >= 0.3 is 0 Å². The maximum atomic E-state index is 5.49. The van der Waals surface area contributed by atoms with Gasteiger partial charge in [0.15, 0.2) is 5.75 Å².